The highest BCUT2D eigenvalue weighted by Crippen LogP contribution is 2.13. The molecule has 0 spiro atoms. The van der Waals surface area contributed by atoms with Crippen LogP contribution in [0.3, 0.4) is 0 Å². The molecule has 0 saturated carbocycles. The van der Waals surface area contributed by atoms with Crippen LogP contribution < -0.4 is 0 Å². The molecule has 0 aliphatic rings. The molecular formula is C16H14O2. The SMILES string of the molecule is O[C@@H](C#C[C@H](O)c1ccccc1)c1ccccc1. The van der Waals surface area contributed by atoms with Crippen LogP contribution in [0.5, 0.6) is 0 Å². The zero-order chi connectivity index (χ0) is 12.8. The van der Waals surface area contributed by atoms with E-state index in [2.05, 4.69) is 11.8 Å². The van der Waals surface area contributed by atoms with Crippen molar-refractivity contribution in [3.63, 3.8) is 0 Å². The van der Waals surface area contributed by atoms with Crippen LogP contribution in [-0.4, -0.2) is 10.2 Å². The lowest BCUT2D eigenvalue weighted by Gasteiger charge is -2.05. The van der Waals surface area contributed by atoms with Crippen molar-refractivity contribution in [1.82, 2.24) is 0 Å². The summed E-state index contributed by atoms with van der Waals surface area (Å²) < 4.78 is 0. The van der Waals surface area contributed by atoms with Crippen LogP contribution in [0.4, 0.5) is 0 Å². The third-order valence-corrected chi connectivity index (χ3v) is 2.59. The fourth-order valence-corrected chi connectivity index (χ4v) is 1.60. The molecule has 0 fully saturated rings. The van der Waals surface area contributed by atoms with E-state index in [9.17, 15) is 10.2 Å². The van der Waals surface area contributed by atoms with Crippen LogP contribution in [0.25, 0.3) is 0 Å². The Morgan fingerprint density at radius 3 is 1.28 bits per heavy atom. The first kappa shape index (κ1) is 12.4. The third-order valence-electron chi connectivity index (χ3n) is 2.59. The quantitative estimate of drug-likeness (QED) is 0.789. The normalized spacial score (nSPS) is 13.2. The van der Waals surface area contributed by atoms with Gasteiger partial charge in [-0.1, -0.05) is 72.5 Å². The minimum Gasteiger partial charge on any atom is -0.376 e. The average Bonchev–Trinajstić information content (AvgIpc) is 2.46. The monoisotopic (exact) mass is 238 g/mol. The molecule has 2 nitrogen and oxygen atoms in total. The number of hydrogen-bond donors (Lipinski definition) is 2. The predicted molar refractivity (Wildman–Crippen MR) is 70.6 cm³/mol. The van der Waals surface area contributed by atoms with Crippen LogP contribution in [-0.2, 0) is 0 Å². The Morgan fingerprint density at radius 1 is 0.611 bits per heavy atom. The van der Waals surface area contributed by atoms with Gasteiger partial charge in [0.2, 0.25) is 0 Å². The fourth-order valence-electron chi connectivity index (χ4n) is 1.60. The molecule has 0 bridgehead atoms. The molecule has 0 aliphatic heterocycles. The standard InChI is InChI=1S/C16H14O2/c17-15(13-7-3-1-4-8-13)11-12-16(18)14-9-5-2-6-10-14/h1-10,15-18H/t15-,16-/m0/s1. The van der Waals surface area contributed by atoms with Crippen molar-refractivity contribution in [2.75, 3.05) is 0 Å². The molecule has 2 rings (SSSR count). The van der Waals surface area contributed by atoms with Crippen molar-refractivity contribution in [2.24, 2.45) is 0 Å². The number of hydrogen-bond acceptors (Lipinski definition) is 2. The maximum Gasteiger partial charge on any atom is 0.140 e. The van der Waals surface area contributed by atoms with Gasteiger partial charge >= 0.3 is 0 Å². The van der Waals surface area contributed by atoms with Crippen LogP contribution in [0.2, 0.25) is 0 Å². The first-order valence-corrected chi connectivity index (χ1v) is 5.74. The topological polar surface area (TPSA) is 40.5 Å². The van der Waals surface area contributed by atoms with E-state index in [-0.39, 0.29) is 0 Å². The molecule has 0 unspecified atom stereocenters. The molecule has 0 heterocycles. The molecule has 2 atom stereocenters. The Balaban J connectivity index is 2.09. The molecule has 18 heavy (non-hydrogen) atoms. The summed E-state index contributed by atoms with van der Waals surface area (Å²) in [6.45, 7) is 0. The van der Waals surface area contributed by atoms with Crippen molar-refractivity contribution in [3.8, 4) is 11.8 Å². The van der Waals surface area contributed by atoms with Crippen LogP contribution in [0, 0.1) is 11.8 Å². The molecule has 0 aromatic heterocycles. The zero-order valence-corrected chi connectivity index (χ0v) is 9.82. The van der Waals surface area contributed by atoms with Gasteiger partial charge in [0.25, 0.3) is 0 Å². The van der Waals surface area contributed by atoms with Gasteiger partial charge < -0.3 is 10.2 Å². The summed E-state index contributed by atoms with van der Waals surface area (Å²) in [6, 6.07) is 18.3. The maximum absolute atomic E-state index is 9.83. The lowest BCUT2D eigenvalue weighted by Crippen LogP contribution is -1.96. The molecule has 0 radical (unpaired) electrons. The van der Waals surface area contributed by atoms with E-state index >= 15 is 0 Å². The Hall–Kier alpha value is -2.08. The summed E-state index contributed by atoms with van der Waals surface area (Å²) in [5.41, 5.74) is 1.45. The highest BCUT2D eigenvalue weighted by atomic mass is 16.3. The van der Waals surface area contributed by atoms with Gasteiger partial charge in [0.1, 0.15) is 12.2 Å². The number of aliphatic hydroxyl groups excluding tert-OH is 2. The highest BCUT2D eigenvalue weighted by molar-refractivity contribution is 5.29. The average molecular weight is 238 g/mol. The maximum atomic E-state index is 9.83. The first-order valence-electron chi connectivity index (χ1n) is 5.74. The third kappa shape index (κ3) is 3.21. The second-order valence-corrected chi connectivity index (χ2v) is 3.92. The van der Waals surface area contributed by atoms with Crippen LogP contribution in [0.15, 0.2) is 60.7 Å². The largest absolute Gasteiger partial charge is 0.376 e. The van der Waals surface area contributed by atoms with Gasteiger partial charge in [0, 0.05) is 0 Å². The zero-order valence-electron chi connectivity index (χ0n) is 9.82. The van der Waals surface area contributed by atoms with E-state index in [1.165, 1.54) is 0 Å². The van der Waals surface area contributed by atoms with Gasteiger partial charge in [-0.2, -0.15) is 0 Å². The molecule has 2 aromatic rings. The van der Waals surface area contributed by atoms with Crippen molar-refractivity contribution >= 4 is 0 Å². The molecule has 90 valence electrons. The Morgan fingerprint density at radius 2 is 0.944 bits per heavy atom. The Kier molecular flexibility index (Phi) is 4.14. The van der Waals surface area contributed by atoms with E-state index in [0.29, 0.717) is 0 Å². The molecule has 2 aromatic carbocycles. The minimum atomic E-state index is -0.871. The second-order valence-electron chi connectivity index (χ2n) is 3.92. The van der Waals surface area contributed by atoms with Gasteiger partial charge in [-0.15, -0.1) is 0 Å². The highest BCUT2D eigenvalue weighted by Gasteiger charge is 2.04. The van der Waals surface area contributed by atoms with E-state index in [1.54, 1.807) is 24.3 Å². The van der Waals surface area contributed by atoms with E-state index in [4.69, 9.17) is 0 Å². The number of aliphatic hydroxyl groups is 2. The first-order chi connectivity index (χ1) is 8.77. The van der Waals surface area contributed by atoms with E-state index in [0.717, 1.165) is 11.1 Å². The smallest absolute Gasteiger partial charge is 0.140 e. The Bertz CT molecular complexity index is 488. The minimum absolute atomic E-state index is 0.727. The predicted octanol–water partition coefficient (Wildman–Crippen LogP) is 2.46. The summed E-state index contributed by atoms with van der Waals surface area (Å²) in [7, 11) is 0. The molecule has 0 saturated heterocycles. The van der Waals surface area contributed by atoms with E-state index < -0.39 is 12.2 Å². The number of rotatable bonds is 2. The molecule has 0 amide bonds. The van der Waals surface area contributed by atoms with Gasteiger partial charge in [-0.25, -0.2) is 0 Å². The van der Waals surface area contributed by atoms with Gasteiger partial charge in [0.05, 0.1) is 0 Å². The summed E-state index contributed by atoms with van der Waals surface area (Å²) in [5.74, 6) is 5.31. The lowest BCUT2D eigenvalue weighted by atomic mass is 10.1. The van der Waals surface area contributed by atoms with Crippen LogP contribution >= 0.6 is 0 Å². The van der Waals surface area contributed by atoms with Gasteiger partial charge in [-0.3, -0.25) is 0 Å². The van der Waals surface area contributed by atoms with Crippen molar-refractivity contribution in [1.29, 1.82) is 0 Å². The molecular weight excluding hydrogens is 224 g/mol. The summed E-state index contributed by atoms with van der Waals surface area (Å²) in [5, 5.41) is 19.7. The van der Waals surface area contributed by atoms with Crippen molar-refractivity contribution < 1.29 is 10.2 Å². The molecule has 2 heteroatoms. The summed E-state index contributed by atoms with van der Waals surface area (Å²) in [6.07, 6.45) is -1.74. The van der Waals surface area contributed by atoms with Crippen molar-refractivity contribution in [3.05, 3.63) is 71.8 Å². The Labute approximate surface area is 107 Å². The molecule has 2 N–H and O–H groups in total. The molecule has 0 aliphatic carbocycles. The summed E-state index contributed by atoms with van der Waals surface area (Å²) in [4.78, 5) is 0. The fraction of sp³-hybridized carbons (Fsp3) is 0.125. The number of benzene rings is 2. The second kappa shape index (κ2) is 6.02. The summed E-state index contributed by atoms with van der Waals surface area (Å²) >= 11 is 0. The van der Waals surface area contributed by atoms with E-state index in [1.807, 2.05) is 36.4 Å². The van der Waals surface area contributed by atoms with Crippen LogP contribution in [0.1, 0.15) is 23.3 Å². The lowest BCUT2D eigenvalue weighted by molar-refractivity contribution is 0.227. The van der Waals surface area contributed by atoms with Gasteiger partial charge in [0.15, 0.2) is 0 Å². The van der Waals surface area contributed by atoms with Crippen molar-refractivity contribution in [2.45, 2.75) is 12.2 Å². The van der Waals surface area contributed by atoms with Gasteiger partial charge in [-0.05, 0) is 11.1 Å².